The lowest BCUT2D eigenvalue weighted by Crippen LogP contribution is -2.12. The molecule has 1 fully saturated rings. The van der Waals surface area contributed by atoms with Crippen LogP contribution in [-0.4, -0.2) is 21.0 Å². The van der Waals surface area contributed by atoms with Crippen molar-refractivity contribution in [2.45, 2.75) is 24.2 Å². The molecular formula is C12H15NO4S. The number of benzene rings is 1. The zero-order chi connectivity index (χ0) is 13.3. The van der Waals surface area contributed by atoms with Crippen molar-refractivity contribution in [2.75, 3.05) is 6.61 Å². The molecule has 1 aromatic rings. The maximum Gasteiger partial charge on any atom is 0.309 e. The van der Waals surface area contributed by atoms with Crippen LogP contribution in [0.2, 0.25) is 0 Å². The lowest BCUT2D eigenvalue weighted by Gasteiger charge is -2.03. The largest absolute Gasteiger partial charge is 0.466 e. The number of carbonyl (C=O) groups excluding carboxylic acids is 1. The van der Waals surface area contributed by atoms with Crippen molar-refractivity contribution in [3.63, 3.8) is 0 Å². The molecule has 6 heteroatoms. The number of primary sulfonamides is 1. The average molecular weight is 269 g/mol. The van der Waals surface area contributed by atoms with Gasteiger partial charge < -0.3 is 4.74 Å². The van der Waals surface area contributed by atoms with E-state index in [0.29, 0.717) is 6.61 Å². The Morgan fingerprint density at radius 2 is 2.00 bits per heavy atom. The standard InChI is InChI=1S/C12H15NO4S/c1-2-17-12(14)11-7-10(11)8-3-5-9(6-4-8)18(13,15)16/h3-6,10-11H,2,7H2,1H3,(H2,13,15,16)/t10-,11+/m0/s1. The predicted molar refractivity (Wildman–Crippen MR) is 65.3 cm³/mol. The molecular weight excluding hydrogens is 254 g/mol. The fourth-order valence-electron chi connectivity index (χ4n) is 1.98. The molecule has 18 heavy (non-hydrogen) atoms. The van der Waals surface area contributed by atoms with Gasteiger partial charge in [-0.25, -0.2) is 13.6 Å². The van der Waals surface area contributed by atoms with Crippen molar-refractivity contribution < 1.29 is 17.9 Å². The predicted octanol–water partition coefficient (Wildman–Crippen LogP) is 1.00. The summed E-state index contributed by atoms with van der Waals surface area (Å²) in [7, 11) is -3.65. The minimum atomic E-state index is -3.65. The van der Waals surface area contributed by atoms with Gasteiger partial charge in [-0.05, 0) is 37.0 Å². The first kappa shape index (κ1) is 13.0. The third-order valence-electron chi connectivity index (χ3n) is 3.02. The van der Waals surface area contributed by atoms with Gasteiger partial charge in [-0.2, -0.15) is 0 Å². The van der Waals surface area contributed by atoms with E-state index >= 15 is 0 Å². The summed E-state index contributed by atoms with van der Waals surface area (Å²) in [5.74, 6) is -0.137. The Morgan fingerprint density at radius 3 is 2.50 bits per heavy atom. The number of ether oxygens (including phenoxy) is 1. The summed E-state index contributed by atoms with van der Waals surface area (Å²) in [6.45, 7) is 2.16. The summed E-state index contributed by atoms with van der Waals surface area (Å²) in [5, 5.41) is 5.01. The van der Waals surface area contributed by atoms with Crippen molar-refractivity contribution in [3.8, 4) is 0 Å². The lowest BCUT2D eigenvalue weighted by atomic mass is 10.1. The summed E-state index contributed by atoms with van der Waals surface area (Å²) in [5.41, 5.74) is 0.945. The highest BCUT2D eigenvalue weighted by Gasteiger charge is 2.45. The first-order valence-corrected chi connectivity index (χ1v) is 7.27. The molecule has 0 amide bonds. The van der Waals surface area contributed by atoms with Crippen LogP contribution in [0, 0.1) is 5.92 Å². The van der Waals surface area contributed by atoms with Crippen LogP contribution in [-0.2, 0) is 19.6 Å². The Kier molecular flexibility index (Phi) is 3.41. The summed E-state index contributed by atoms with van der Waals surface area (Å²) >= 11 is 0. The molecule has 0 unspecified atom stereocenters. The molecule has 0 heterocycles. The van der Waals surface area contributed by atoms with Gasteiger partial charge in [0.2, 0.25) is 10.0 Å². The number of hydrogen-bond donors (Lipinski definition) is 1. The third kappa shape index (κ3) is 2.70. The topological polar surface area (TPSA) is 86.5 Å². The minimum absolute atomic E-state index is 0.0829. The Bertz CT molecular complexity index is 550. The third-order valence-corrected chi connectivity index (χ3v) is 3.95. The SMILES string of the molecule is CCOC(=O)[C@@H]1C[C@H]1c1ccc(S(N)(=O)=O)cc1. The molecule has 1 aliphatic rings. The van der Waals surface area contributed by atoms with Crippen molar-refractivity contribution >= 4 is 16.0 Å². The van der Waals surface area contributed by atoms with Crippen molar-refractivity contribution in [3.05, 3.63) is 29.8 Å². The Hall–Kier alpha value is -1.40. The maximum atomic E-state index is 11.5. The molecule has 0 saturated heterocycles. The van der Waals surface area contributed by atoms with Crippen LogP contribution in [0.5, 0.6) is 0 Å². The van der Waals surface area contributed by atoms with E-state index in [-0.39, 0.29) is 22.7 Å². The van der Waals surface area contributed by atoms with Crippen molar-refractivity contribution in [1.29, 1.82) is 0 Å². The van der Waals surface area contributed by atoms with E-state index in [4.69, 9.17) is 9.88 Å². The molecule has 2 atom stereocenters. The second-order valence-electron chi connectivity index (χ2n) is 4.31. The molecule has 0 aliphatic heterocycles. The van der Waals surface area contributed by atoms with Gasteiger partial charge in [0, 0.05) is 0 Å². The molecule has 0 spiro atoms. The van der Waals surface area contributed by atoms with E-state index in [1.54, 1.807) is 19.1 Å². The van der Waals surface area contributed by atoms with E-state index in [2.05, 4.69) is 0 Å². The highest BCUT2D eigenvalue weighted by molar-refractivity contribution is 7.89. The first-order valence-electron chi connectivity index (χ1n) is 5.73. The average Bonchev–Trinajstić information content (AvgIpc) is 3.08. The molecule has 0 bridgehead atoms. The summed E-state index contributed by atoms with van der Waals surface area (Å²) in [6.07, 6.45) is 0.757. The molecule has 1 aliphatic carbocycles. The monoisotopic (exact) mass is 269 g/mol. The number of rotatable bonds is 4. The van der Waals surface area contributed by atoms with Gasteiger partial charge in [0.05, 0.1) is 17.4 Å². The zero-order valence-corrected chi connectivity index (χ0v) is 10.8. The van der Waals surface area contributed by atoms with Gasteiger partial charge in [0.15, 0.2) is 0 Å². The molecule has 0 radical (unpaired) electrons. The Morgan fingerprint density at radius 1 is 1.39 bits per heavy atom. The zero-order valence-electron chi connectivity index (χ0n) is 10.00. The van der Waals surface area contributed by atoms with Crippen LogP contribution in [0.25, 0.3) is 0 Å². The van der Waals surface area contributed by atoms with Crippen LogP contribution in [0.3, 0.4) is 0 Å². The molecule has 5 nitrogen and oxygen atoms in total. The van der Waals surface area contributed by atoms with Crippen LogP contribution >= 0.6 is 0 Å². The van der Waals surface area contributed by atoms with Crippen LogP contribution in [0.1, 0.15) is 24.8 Å². The second-order valence-corrected chi connectivity index (χ2v) is 5.88. The molecule has 2 N–H and O–H groups in total. The highest BCUT2D eigenvalue weighted by atomic mass is 32.2. The van der Waals surface area contributed by atoms with Gasteiger partial charge in [-0.15, -0.1) is 0 Å². The van der Waals surface area contributed by atoms with Gasteiger partial charge in [0.1, 0.15) is 0 Å². The van der Waals surface area contributed by atoms with Crippen LogP contribution < -0.4 is 5.14 Å². The second kappa shape index (κ2) is 4.70. The number of nitrogens with two attached hydrogens (primary N) is 1. The number of sulfonamides is 1. The number of esters is 1. The van der Waals surface area contributed by atoms with Gasteiger partial charge in [-0.3, -0.25) is 4.79 Å². The quantitative estimate of drug-likeness (QED) is 0.826. The molecule has 1 aromatic carbocycles. The summed E-state index contributed by atoms with van der Waals surface area (Å²) < 4.78 is 27.1. The van der Waals surface area contributed by atoms with E-state index in [1.165, 1.54) is 12.1 Å². The fourth-order valence-corrected chi connectivity index (χ4v) is 2.49. The molecule has 0 aromatic heterocycles. The van der Waals surface area contributed by atoms with Gasteiger partial charge in [0.25, 0.3) is 0 Å². The Balaban J connectivity index is 2.07. The number of hydrogen-bond acceptors (Lipinski definition) is 4. The lowest BCUT2D eigenvalue weighted by molar-refractivity contribution is -0.144. The maximum absolute atomic E-state index is 11.5. The number of carbonyl (C=O) groups is 1. The first-order chi connectivity index (χ1) is 8.43. The van der Waals surface area contributed by atoms with Gasteiger partial charge >= 0.3 is 5.97 Å². The van der Waals surface area contributed by atoms with Gasteiger partial charge in [-0.1, -0.05) is 12.1 Å². The normalized spacial score (nSPS) is 22.6. The summed E-state index contributed by atoms with van der Waals surface area (Å²) in [6, 6.07) is 6.32. The van der Waals surface area contributed by atoms with Crippen molar-refractivity contribution in [1.82, 2.24) is 0 Å². The Labute approximate surface area is 106 Å². The fraction of sp³-hybridized carbons (Fsp3) is 0.417. The van der Waals surface area contributed by atoms with Crippen molar-refractivity contribution in [2.24, 2.45) is 11.1 Å². The highest BCUT2D eigenvalue weighted by Crippen LogP contribution is 2.48. The van der Waals surface area contributed by atoms with E-state index < -0.39 is 10.0 Å². The molecule has 98 valence electrons. The van der Waals surface area contributed by atoms with E-state index in [1.807, 2.05) is 0 Å². The van der Waals surface area contributed by atoms with Crippen LogP contribution in [0.4, 0.5) is 0 Å². The molecule has 1 saturated carbocycles. The summed E-state index contributed by atoms with van der Waals surface area (Å²) in [4.78, 5) is 11.6. The minimum Gasteiger partial charge on any atom is -0.466 e. The van der Waals surface area contributed by atoms with Crippen LogP contribution in [0.15, 0.2) is 29.2 Å². The van der Waals surface area contributed by atoms with E-state index in [9.17, 15) is 13.2 Å². The van der Waals surface area contributed by atoms with E-state index in [0.717, 1.165) is 12.0 Å². The molecule has 2 rings (SSSR count). The smallest absolute Gasteiger partial charge is 0.309 e.